The molecule has 3 nitrogen and oxygen atoms in total. The zero-order valence-corrected chi connectivity index (χ0v) is 6.01. The third-order valence-electron chi connectivity index (χ3n) is 1.30. The number of aliphatic hydroxyl groups excluding tert-OH is 1. The third-order valence-corrected chi connectivity index (χ3v) is 2.11. The molecule has 0 saturated carbocycles. The SMILES string of the molecule is OCc1cc2sccn2n1. The monoisotopic (exact) mass is 154 g/mol. The predicted molar refractivity (Wildman–Crippen MR) is 39.0 cm³/mol. The van der Waals surface area contributed by atoms with Crippen LogP contribution >= 0.6 is 11.3 Å². The maximum atomic E-state index is 8.69. The summed E-state index contributed by atoms with van der Waals surface area (Å²) in [7, 11) is 0. The Kier molecular flexibility index (Phi) is 1.22. The number of fused-ring (bicyclic) bond motifs is 1. The van der Waals surface area contributed by atoms with Crippen molar-refractivity contribution in [2.75, 3.05) is 0 Å². The van der Waals surface area contributed by atoms with Crippen LogP contribution in [0.5, 0.6) is 0 Å². The molecule has 0 aliphatic carbocycles. The number of aliphatic hydroxyl groups is 1. The van der Waals surface area contributed by atoms with Crippen molar-refractivity contribution in [3.05, 3.63) is 23.3 Å². The van der Waals surface area contributed by atoms with E-state index in [9.17, 15) is 0 Å². The standard InChI is InChI=1S/C6H6N2OS/c9-4-5-3-6-8(7-5)1-2-10-6/h1-3,9H,4H2. The molecule has 0 aliphatic heterocycles. The zero-order valence-electron chi connectivity index (χ0n) is 5.19. The Morgan fingerprint density at radius 1 is 1.70 bits per heavy atom. The van der Waals surface area contributed by atoms with E-state index in [1.54, 1.807) is 15.9 Å². The van der Waals surface area contributed by atoms with Crippen molar-refractivity contribution in [2.24, 2.45) is 0 Å². The first-order valence-electron chi connectivity index (χ1n) is 2.93. The highest BCUT2D eigenvalue weighted by Crippen LogP contribution is 2.12. The number of hydrogen-bond acceptors (Lipinski definition) is 3. The molecule has 2 rings (SSSR count). The van der Waals surface area contributed by atoms with Gasteiger partial charge in [-0.1, -0.05) is 0 Å². The van der Waals surface area contributed by atoms with Crippen LogP contribution in [0.25, 0.3) is 4.83 Å². The van der Waals surface area contributed by atoms with Crippen molar-refractivity contribution in [2.45, 2.75) is 6.61 Å². The van der Waals surface area contributed by atoms with E-state index in [0.29, 0.717) is 0 Å². The number of hydrogen-bond donors (Lipinski definition) is 1. The Balaban J connectivity index is 2.67. The van der Waals surface area contributed by atoms with Gasteiger partial charge in [0, 0.05) is 11.6 Å². The van der Waals surface area contributed by atoms with Gasteiger partial charge in [0.15, 0.2) is 0 Å². The fourth-order valence-corrected chi connectivity index (χ4v) is 1.58. The largest absolute Gasteiger partial charge is 0.390 e. The summed E-state index contributed by atoms with van der Waals surface area (Å²) >= 11 is 1.61. The van der Waals surface area contributed by atoms with Crippen molar-refractivity contribution in [3.63, 3.8) is 0 Å². The van der Waals surface area contributed by atoms with Crippen LogP contribution in [0.15, 0.2) is 17.6 Å². The molecule has 0 fully saturated rings. The van der Waals surface area contributed by atoms with Crippen LogP contribution in [0.1, 0.15) is 5.69 Å². The van der Waals surface area contributed by atoms with Crippen molar-refractivity contribution in [3.8, 4) is 0 Å². The normalized spacial score (nSPS) is 10.9. The number of thiazole rings is 1. The van der Waals surface area contributed by atoms with Crippen LogP contribution in [0.3, 0.4) is 0 Å². The summed E-state index contributed by atoms with van der Waals surface area (Å²) in [5.41, 5.74) is 0.729. The molecule has 10 heavy (non-hydrogen) atoms. The molecule has 0 unspecified atom stereocenters. The molecule has 0 saturated heterocycles. The molecule has 1 N–H and O–H groups in total. The second-order valence-corrected chi connectivity index (χ2v) is 2.91. The highest BCUT2D eigenvalue weighted by Gasteiger charge is 1.98. The van der Waals surface area contributed by atoms with Crippen molar-refractivity contribution >= 4 is 16.2 Å². The van der Waals surface area contributed by atoms with Crippen LogP contribution in [-0.2, 0) is 6.61 Å². The van der Waals surface area contributed by atoms with E-state index >= 15 is 0 Å². The minimum atomic E-state index is 0.0222. The molecule has 0 atom stereocenters. The summed E-state index contributed by atoms with van der Waals surface area (Å²) in [5, 5.41) is 14.7. The molecule has 0 aromatic carbocycles. The molecule has 0 aliphatic rings. The van der Waals surface area contributed by atoms with E-state index in [-0.39, 0.29) is 6.61 Å². The first-order valence-corrected chi connectivity index (χ1v) is 3.81. The Hall–Kier alpha value is -0.870. The maximum Gasteiger partial charge on any atom is 0.119 e. The molecule has 2 aromatic heterocycles. The van der Waals surface area contributed by atoms with Gasteiger partial charge in [0.1, 0.15) is 4.83 Å². The first kappa shape index (κ1) is 5.88. The van der Waals surface area contributed by atoms with Gasteiger partial charge < -0.3 is 5.11 Å². The number of rotatable bonds is 1. The van der Waals surface area contributed by atoms with Crippen LogP contribution in [0.2, 0.25) is 0 Å². The Morgan fingerprint density at radius 2 is 2.60 bits per heavy atom. The molecule has 52 valence electrons. The predicted octanol–water partition coefficient (Wildman–Crippen LogP) is 0.888. The smallest absolute Gasteiger partial charge is 0.119 e. The number of nitrogens with zero attached hydrogens (tertiary/aromatic N) is 2. The van der Waals surface area contributed by atoms with Gasteiger partial charge in [-0.3, -0.25) is 0 Å². The molecule has 2 aromatic rings. The van der Waals surface area contributed by atoms with E-state index in [1.807, 2.05) is 17.6 Å². The summed E-state index contributed by atoms with van der Waals surface area (Å²) in [6.07, 6.45) is 1.87. The molecule has 4 heteroatoms. The van der Waals surface area contributed by atoms with Gasteiger partial charge in [-0.05, 0) is 6.07 Å². The Labute approximate surface area is 61.5 Å². The van der Waals surface area contributed by atoms with Gasteiger partial charge in [-0.15, -0.1) is 11.3 Å². The fraction of sp³-hybridized carbons (Fsp3) is 0.167. The Morgan fingerprint density at radius 3 is 3.30 bits per heavy atom. The summed E-state index contributed by atoms with van der Waals surface area (Å²) in [6, 6.07) is 1.88. The Bertz CT molecular complexity index is 309. The lowest BCUT2D eigenvalue weighted by atomic mass is 10.5. The van der Waals surface area contributed by atoms with Crippen LogP contribution < -0.4 is 0 Å². The first-order chi connectivity index (χ1) is 4.90. The van der Waals surface area contributed by atoms with E-state index in [0.717, 1.165) is 10.5 Å². The highest BCUT2D eigenvalue weighted by atomic mass is 32.1. The third kappa shape index (κ3) is 0.732. The quantitative estimate of drug-likeness (QED) is 0.662. The topological polar surface area (TPSA) is 37.5 Å². The summed E-state index contributed by atoms with van der Waals surface area (Å²) in [5.74, 6) is 0. The molecular formula is C6H6N2OS. The van der Waals surface area contributed by atoms with E-state index in [4.69, 9.17) is 5.11 Å². The van der Waals surface area contributed by atoms with Gasteiger partial charge in [0.2, 0.25) is 0 Å². The van der Waals surface area contributed by atoms with Gasteiger partial charge in [-0.25, -0.2) is 4.52 Å². The van der Waals surface area contributed by atoms with E-state index in [1.165, 1.54) is 0 Å². The van der Waals surface area contributed by atoms with Crippen molar-refractivity contribution in [1.29, 1.82) is 0 Å². The van der Waals surface area contributed by atoms with Crippen LogP contribution in [0.4, 0.5) is 0 Å². The molecular weight excluding hydrogens is 148 g/mol. The van der Waals surface area contributed by atoms with Gasteiger partial charge in [-0.2, -0.15) is 5.10 Å². The molecule has 0 spiro atoms. The summed E-state index contributed by atoms with van der Waals surface area (Å²) in [4.78, 5) is 1.07. The van der Waals surface area contributed by atoms with Gasteiger partial charge >= 0.3 is 0 Å². The second-order valence-electron chi connectivity index (χ2n) is 1.98. The van der Waals surface area contributed by atoms with Crippen molar-refractivity contribution in [1.82, 2.24) is 9.61 Å². The second kappa shape index (κ2) is 2.07. The molecule has 2 heterocycles. The number of aromatic nitrogens is 2. The molecule has 0 radical (unpaired) electrons. The van der Waals surface area contributed by atoms with Crippen LogP contribution in [-0.4, -0.2) is 14.7 Å². The lowest BCUT2D eigenvalue weighted by Gasteiger charge is -1.80. The average molecular weight is 154 g/mol. The summed E-state index contributed by atoms with van der Waals surface area (Å²) in [6.45, 7) is 0.0222. The summed E-state index contributed by atoms with van der Waals surface area (Å²) < 4.78 is 1.76. The van der Waals surface area contributed by atoms with Crippen LogP contribution in [0, 0.1) is 0 Å². The van der Waals surface area contributed by atoms with E-state index < -0.39 is 0 Å². The molecule has 0 bridgehead atoms. The minimum Gasteiger partial charge on any atom is -0.390 e. The lowest BCUT2D eigenvalue weighted by molar-refractivity contribution is 0.276. The van der Waals surface area contributed by atoms with Gasteiger partial charge in [0.25, 0.3) is 0 Å². The van der Waals surface area contributed by atoms with E-state index in [2.05, 4.69) is 5.10 Å². The highest BCUT2D eigenvalue weighted by molar-refractivity contribution is 7.15. The van der Waals surface area contributed by atoms with Gasteiger partial charge in [0.05, 0.1) is 12.3 Å². The lowest BCUT2D eigenvalue weighted by Crippen LogP contribution is -1.84. The fourth-order valence-electron chi connectivity index (χ4n) is 0.855. The maximum absolute atomic E-state index is 8.69. The average Bonchev–Trinajstić information content (AvgIpc) is 2.42. The zero-order chi connectivity index (χ0) is 6.97. The minimum absolute atomic E-state index is 0.0222. The molecule has 0 amide bonds. The van der Waals surface area contributed by atoms with Crippen molar-refractivity contribution < 1.29 is 5.11 Å².